The lowest BCUT2D eigenvalue weighted by atomic mass is 9.73. The summed E-state index contributed by atoms with van der Waals surface area (Å²) in [5.74, 6) is 1.34. The lowest BCUT2D eigenvalue weighted by molar-refractivity contribution is -0.122. The van der Waals surface area contributed by atoms with Crippen LogP contribution in [-0.4, -0.2) is 5.78 Å². The Hall–Kier alpha value is -2.15. The van der Waals surface area contributed by atoms with Crippen LogP contribution in [0.1, 0.15) is 39.2 Å². The minimum absolute atomic E-state index is 0.191. The quantitative estimate of drug-likeness (QED) is 0.633. The molecule has 2 aromatic rings. The van der Waals surface area contributed by atoms with Crippen molar-refractivity contribution in [2.45, 2.75) is 33.6 Å². The average Bonchev–Trinajstić information content (AvgIpc) is 2.59. The summed E-state index contributed by atoms with van der Waals surface area (Å²) in [5.41, 5.74) is 4.56. The number of carbonyl (C=O) groups is 1. The first-order chi connectivity index (χ1) is 11.6. The molecule has 1 saturated carbocycles. The molecule has 24 heavy (non-hydrogen) atoms. The maximum absolute atomic E-state index is 12.8. The number of carbonyl (C=O) groups excluding carboxylic acids is 1. The predicted octanol–water partition coefficient (Wildman–Crippen LogP) is 6.01. The second-order valence-corrected chi connectivity index (χ2v) is 7.28. The molecule has 0 heterocycles. The van der Waals surface area contributed by atoms with Crippen LogP contribution in [0.3, 0.4) is 0 Å². The summed E-state index contributed by atoms with van der Waals surface area (Å²) in [7, 11) is 0. The number of benzene rings is 2. The van der Waals surface area contributed by atoms with Gasteiger partial charge in [0.2, 0.25) is 0 Å². The zero-order valence-corrected chi connectivity index (χ0v) is 14.8. The molecule has 0 bridgehead atoms. The van der Waals surface area contributed by atoms with Gasteiger partial charge in [0, 0.05) is 5.92 Å². The van der Waals surface area contributed by atoms with E-state index >= 15 is 0 Å². The third-order valence-corrected chi connectivity index (χ3v) is 5.21. The summed E-state index contributed by atoms with van der Waals surface area (Å²) >= 11 is 0. The van der Waals surface area contributed by atoms with Gasteiger partial charge >= 0.3 is 0 Å². The molecule has 1 nitrogen and oxygen atoms in total. The Morgan fingerprint density at radius 3 is 2.17 bits per heavy atom. The Morgan fingerprint density at radius 1 is 0.917 bits per heavy atom. The van der Waals surface area contributed by atoms with Crippen molar-refractivity contribution in [2.75, 3.05) is 0 Å². The van der Waals surface area contributed by atoms with Gasteiger partial charge < -0.3 is 0 Å². The van der Waals surface area contributed by atoms with E-state index in [9.17, 15) is 4.79 Å². The number of hydrogen-bond donors (Lipinski definition) is 0. The number of Topliss-reactive ketones (excluding diaryl/α,β-unsaturated/α-hetero) is 1. The van der Waals surface area contributed by atoms with Crippen molar-refractivity contribution in [1.29, 1.82) is 0 Å². The SMILES string of the molecule is CC(C)[C@@H]1CC[C@@H](C)/C(=C/c2ccc(-c3ccccc3)cc2)C1=O. The second kappa shape index (κ2) is 7.17. The zero-order valence-electron chi connectivity index (χ0n) is 14.8. The molecule has 0 aliphatic heterocycles. The first-order valence-corrected chi connectivity index (χ1v) is 8.97. The number of allylic oxidation sites excluding steroid dienone is 1. The molecular formula is C23H26O. The number of hydrogen-bond acceptors (Lipinski definition) is 1. The molecule has 1 heteroatoms. The molecule has 124 valence electrons. The highest BCUT2D eigenvalue weighted by Crippen LogP contribution is 2.35. The average molecular weight is 318 g/mol. The maximum Gasteiger partial charge on any atom is 0.162 e. The van der Waals surface area contributed by atoms with E-state index in [-0.39, 0.29) is 5.92 Å². The van der Waals surface area contributed by atoms with E-state index in [0.717, 1.165) is 24.0 Å². The van der Waals surface area contributed by atoms with Gasteiger partial charge in [0.15, 0.2) is 5.78 Å². The van der Waals surface area contributed by atoms with Crippen molar-refractivity contribution in [3.63, 3.8) is 0 Å². The van der Waals surface area contributed by atoms with E-state index in [2.05, 4.69) is 75.4 Å². The molecule has 2 atom stereocenters. The van der Waals surface area contributed by atoms with Gasteiger partial charge in [-0.25, -0.2) is 0 Å². The van der Waals surface area contributed by atoms with E-state index in [0.29, 0.717) is 17.6 Å². The molecule has 0 N–H and O–H groups in total. The fraction of sp³-hybridized carbons (Fsp3) is 0.348. The number of rotatable bonds is 3. The van der Waals surface area contributed by atoms with Crippen molar-refractivity contribution >= 4 is 11.9 Å². The fourth-order valence-corrected chi connectivity index (χ4v) is 3.60. The summed E-state index contributed by atoms with van der Waals surface area (Å²) in [6.07, 6.45) is 4.25. The molecule has 0 aromatic heterocycles. The maximum atomic E-state index is 12.8. The standard InChI is InChI=1S/C23H26O/c1-16(2)21-14-9-17(3)22(23(21)24)15-18-10-12-20(13-11-18)19-7-5-4-6-8-19/h4-8,10-13,15-17,21H,9,14H2,1-3H3/b22-15-/t17-,21+/m1/s1. The molecule has 1 fully saturated rings. The van der Waals surface area contributed by atoms with Gasteiger partial charge in [-0.05, 0) is 53.0 Å². The summed E-state index contributed by atoms with van der Waals surface area (Å²) in [5, 5.41) is 0. The number of ketones is 1. The third-order valence-electron chi connectivity index (χ3n) is 5.21. The van der Waals surface area contributed by atoms with Crippen LogP contribution in [0.25, 0.3) is 17.2 Å². The van der Waals surface area contributed by atoms with Crippen LogP contribution in [0.15, 0.2) is 60.2 Å². The lowest BCUT2D eigenvalue weighted by Crippen LogP contribution is -2.30. The third kappa shape index (κ3) is 3.51. The molecule has 0 radical (unpaired) electrons. The summed E-state index contributed by atoms with van der Waals surface area (Å²) in [4.78, 5) is 12.8. The van der Waals surface area contributed by atoms with Crippen LogP contribution < -0.4 is 0 Å². The Bertz CT molecular complexity index is 722. The Kier molecular flexibility index (Phi) is 4.99. The van der Waals surface area contributed by atoms with E-state index in [1.807, 2.05) is 6.07 Å². The Morgan fingerprint density at radius 2 is 1.54 bits per heavy atom. The van der Waals surface area contributed by atoms with Crippen LogP contribution in [0.4, 0.5) is 0 Å². The van der Waals surface area contributed by atoms with Gasteiger partial charge in [-0.2, -0.15) is 0 Å². The van der Waals surface area contributed by atoms with Gasteiger partial charge in [0.25, 0.3) is 0 Å². The molecule has 2 aromatic carbocycles. The van der Waals surface area contributed by atoms with Gasteiger partial charge in [-0.15, -0.1) is 0 Å². The van der Waals surface area contributed by atoms with Crippen LogP contribution in [-0.2, 0) is 4.79 Å². The normalized spacial score (nSPS) is 23.0. The monoisotopic (exact) mass is 318 g/mol. The van der Waals surface area contributed by atoms with E-state index in [1.165, 1.54) is 11.1 Å². The molecule has 0 amide bonds. The summed E-state index contributed by atoms with van der Waals surface area (Å²) in [6, 6.07) is 18.9. The van der Waals surface area contributed by atoms with E-state index < -0.39 is 0 Å². The van der Waals surface area contributed by atoms with Gasteiger partial charge in [0.1, 0.15) is 0 Å². The predicted molar refractivity (Wildman–Crippen MR) is 102 cm³/mol. The fourth-order valence-electron chi connectivity index (χ4n) is 3.60. The largest absolute Gasteiger partial charge is 0.294 e. The topological polar surface area (TPSA) is 17.1 Å². The summed E-state index contributed by atoms with van der Waals surface area (Å²) < 4.78 is 0. The smallest absolute Gasteiger partial charge is 0.162 e. The van der Waals surface area contributed by atoms with Crippen LogP contribution in [0.5, 0.6) is 0 Å². The van der Waals surface area contributed by atoms with E-state index in [1.54, 1.807) is 0 Å². The lowest BCUT2D eigenvalue weighted by Gasteiger charge is -2.30. The highest BCUT2D eigenvalue weighted by atomic mass is 16.1. The molecule has 0 saturated heterocycles. The first-order valence-electron chi connectivity index (χ1n) is 8.97. The molecule has 0 unspecified atom stereocenters. The Labute approximate surface area is 145 Å². The molecular weight excluding hydrogens is 292 g/mol. The van der Waals surface area contributed by atoms with Gasteiger partial charge in [-0.1, -0.05) is 75.4 Å². The minimum atomic E-state index is 0.191. The van der Waals surface area contributed by atoms with Crippen molar-refractivity contribution < 1.29 is 4.79 Å². The first kappa shape index (κ1) is 16.7. The van der Waals surface area contributed by atoms with Gasteiger partial charge in [-0.3, -0.25) is 4.79 Å². The van der Waals surface area contributed by atoms with Crippen molar-refractivity contribution in [1.82, 2.24) is 0 Å². The molecule has 1 aliphatic carbocycles. The van der Waals surface area contributed by atoms with Crippen LogP contribution in [0.2, 0.25) is 0 Å². The van der Waals surface area contributed by atoms with Crippen LogP contribution in [0, 0.1) is 17.8 Å². The van der Waals surface area contributed by atoms with E-state index in [4.69, 9.17) is 0 Å². The molecule has 1 aliphatic rings. The summed E-state index contributed by atoms with van der Waals surface area (Å²) in [6.45, 7) is 6.49. The van der Waals surface area contributed by atoms with Crippen molar-refractivity contribution in [3.05, 3.63) is 65.7 Å². The molecule has 0 spiro atoms. The molecule has 3 rings (SSSR count). The second-order valence-electron chi connectivity index (χ2n) is 7.28. The van der Waals surface area contributed by atoms with Crippen molar-refractivity contribution in [3.8, 4) is 11.1 Å². The highest BCUT2D eigenvalue weighted by Gasteiger charge is 2.32. The zero-order chi connectivity index (χ0) is 17.1. The highest BCUT2D eigenvalue weighted by molar-refractivity contribution is 6.02. The van der Waals surface area contributed by atoms with Crippen LogP contribution >= 0.6 is 0 Å². The van der Waals surface area contributed by atoms with Crippen molar-refractivity contribution in [2.24, 2.45) is 17.8 Å². The Balaban J connectivity index is 1.86. The minimum Gasteiger partial charge on any atom is -0.294 e. The van der Waals surface area contributed by atoms with Gasteiger partial charge in [0.05, 0.1) is 0 Å².